The molecule has 0 amide bonds. The minimum Gasteiger partial charge on any atom is -0.314 e. The largest absolute Gasteiger partial charge is 0.416 e. The van der Waals surface area contributed by atoms with Crippen LogP contribution in [0, 0.1) is 6.92 Å². The number of fused-ring (bicyclic) bond motifs is 1. The molecule has 0 saturated carbocycles. The highest BCUT2D eigenvalue weighted by Crippen LogP contribution is 2.34. The summed E-state index contributed by atoms with van der Waals surface area (Å²) in [6, 6.07) is 3.61. The van der Waals surface area contributed by atoms with Crippen LogP contribution in [0.3, 0.4) is 0 Å². The molecule has 3 aromatic rings. The normalized spacial score (nSPS) is 12.0. The van der Waals surface area contributed by atoms with Crippen LogP contribution < -0.4 is 5.32 Å². The van der Waals surface area contributed by atoms with Crippen molar-refractivity contribution in [1.29, 1.82) is 0 Å². The van der Waals surface area contributed by atoms with E-state index in [1.807, 2.05) is 0 Å². The van der Waals surface area contributed by atoms with Crippen LogP contribution >= 0.6 is 11.3 Å². The molecule has 0 aliphatic rings. The fourth-order valence-electron chi connectivity index (χ4n) is 2.15. The second kappa shape index (κ2) is 5.60. The third-order valence-corrected chi connectivity index (χ3v) is 3.79. The fourth-order valence-corrected chi connectivity index (χ4v) is 2.68. The molecule has 0 aliphatic carbocycles. The topological polar surface area (TPSA) is 42.7 Å². The molecule has 4 nitrogen and oxygen atoms in total. The first-order valence-corrected chi connectivity index (χ1v) is 7.40. The zero-order valence-electron chi connectivity index (χ0n) is 11.4. The van der Waals surface area contributed by atoms with E-state index in [9.17, 15) is 13.2 Å². The summed E-state index contributed by atoms with van der Waals surface area (Å²) in [5.74, 6) is 0.365. The lowest BCUT2D eigenvalue weighted by Crippen LogP contribution is -2.04. The minimum absolute atomic E-state index is 0.365. The van der Waals surface area contributed by atoms with Crippen LogP contribution in [0.4, 0.5) is 24.1 Å². The van der Waals surface area contributed by atoms with Crippen molar-refractivity contribution >= 4 is 33.2 Å². The Kier molecular flexibility index (Phi) is 3.78. The van der Waals surface area contributed by atoms with Gasteiger partial charge in [0.25, 0.3) is 0 Å². The summed E-state index contributed by atoms with van der Waals surface area (Å²) in [6.45, 7) is 4.29. The number of anilines is 2. The first-order chi connectivity index (χ1) is 10.5. The van der Waals surface area contributed by atoms with Gasteiger partial charge in [0.1, 0.15) is 0 Å². The van der Waals surface area contributed by atoms with Gasteiger partial charge in [-0.15, -0.1) is 11.3 Å². The van der Waals surface area contributed by atoms with Gasteiger partial charge in [0.05, 0.1) is 11.1 Å². The zero-order chi connectivity index (χ0) is 15.7. The molecule has 2 aromatic heterocycles. The Labute approximate surface area is 128 Å². The summed E-state index contributed by atoms with van der Waals surface area (Å²) in [5, 5.41) is 10.1. The van der Waals surface area contributed by atoms with Crippen LogP contribution in [-0.2, 0) is 12.7 Å². The predicted octanol–water partition coefficient (Wildman–Crippen LogP) is 4.48. The number of hydrogen-bond donors (Lipinski definition) is 1. The van der Waals surface area contributed by atoms with E-state index in [0.29, 0.717) is 34.8 Å². The van der Waals surface area contributed by atoms with Gasteiger partial charge in [0, 0.05) is 23.5 Å². The van der Waals surface area contributed by atoms with E-state index in [0.717, 1.165) is 12.1 Å². The Morgan fingerprint density at radius 1 is 1.32 bits per heavy atom. The quantitative estimate of drug-likeness (QED) is 0.769. The molecule has 0 atom stereocenters. The van der Waals surface area contributed by atoms with Crippen molar-refractivity contribution in [3.63, 3.8) is 0 Å². The third-order valence-electron chi connectivity index (χ3n) is 3.11. The highest BCUT2D eigenvalue weighted by atomic mass is 32.1. The van der Waals surface area contributed by atoms with Crippen molar-refractivity contribution in [3.8, 4) is 0 Å². The molecular weight excluding hydrogens is 313 g/mol. The van der Waals surface area contributed by atoms with Crippen LogP contribution in [-0.4, -0.2) is 14.8 Å². The highest BCUT2D eigenvalue weighted by Gasteiger charge is 2.31. The average Bonchev–Trinajstić information content (AvgIpc) is 3.08. The molecule has 0 unspecified atom stereocenters. The number of aromatic nitrogens is 3. The maximum Gasteiger partial charge on any atom is 0.416 e. The van der Waals surface area contributed by atoms with Crippen LogP contribution in [0.15, 0.2) is 29.8 Å². The van der Waals surface area contributed by atoms with Crippen LogP contribution in [0.5, 0.6) is 0 Å². The fraction of sp³-hybridized carbons (Fsp3) is 0.214. The number of benzene rings is 1. The minimum atomic E-state index is -4.39. The molecule has 0 bridgehead atoms. The Morgan fingerprint density at radius 2 is 2.14 bits per heavy atom. The van der Waals surface area contributed by atoms with Gasteiger partial charge >= 0.3 is 6.18 Å². The Balaban J connectivity index is 2.12. The summed E-state index contributed by atoms with van der Waals surface area (Å²) in [4.78, 5) is 4.07. The number of hydrogen-bond acceptors (Lipinski definition) is 4. The molecule has 0 fully saturated rings. The summed E-state index contributed by atoms with van der Waals surface area (Å²) in [6.07, 6.45) is -2.18. The van der Waals surface area contributed by atoms with Crippen molar-refractivity contribution in [3.05, 3.63) is 42.3 Å². The standard InChI is InChI=1S/C14H12F3N4S/c1-2-6-21-11-4-3-9(14(15,16)17)8-10(11)12(20-21)19-13-18-5-7-22-13/h3-5,7-8H,1-2,6H2,(H,18,19,20). The second-order valence-electron chi connectivity index (χ2n) is 4.62. The van der Waals surface area contributed by atoms with Crippen molar-refractivity contribution in [2.24, 2.45) is 0 Å². The summed E-state index contributed by atoms with van der Waals surface area (Å²) in [7, 11) is 0. The summed E-state index contributed by atoms with van der Waals surface area (Å²) in [5.41, 5.74) is -0.0629. The SMILES string of the molecule is [CH2]CCn1nc(Nc2nccs2)c2cc(C(F)(F)F)ccc21. The van der Waals surface area contributed by atoms with Crippen molar-refractivity contribution in [2.75, 3.05) is 5.32 Å². The van der Waals surface area contributed by atoms with Gasteiger partial charge in [-0.1, -0.05) is 6.92 Å². The van der Waals surface area contributed by atoms with Gasteiger partial charge in [0.2, 0.25) is 0 Å². The molecule has 0 aliphatic heterocycles. The van der Waals surface area contributed by atoms with E-state index in [2.05, 4.69) is 22.3 Å². The molecular formula is C14H12F3N4S. The van der Waals surface area contributed by atoms with Crippen molar-refractivity contribution < 1.29 is 13.2 Å². The first-order valence-electron chi connectivity index (χ1n) is 6.52. The van der Waals surface area contributed by atoms with Gasteiger partial charge in [-0.3, -0.25) is 4.68 Å². The predicted molar refractivity (Wildman–Crippen MR) is 80.1 cm³/mol. The van der Waals surface area contributed by atoms with Gasteiger partial charge < -0.3 is 5.32 Å². The van der Waals surface area contributed by atoms with Crippen molar-refractivity contribution in [1.82, 2.24) is 14.8 Å². The molecule has 2 heterocycles. The number of nitrogens with one attached hydrogen (secondary N) is 1. The maximum atomic E-state index is 12.9. The van der Waals surface area contributed by atoms with Gasteiger partial charge in [0.15, 0.2) is 10.9 Å². The highest BCUT2D eigenvalue weighted by molar-refractivity contribution is 7.13. The Morgan fingerprint density at radius 3 is 2.77 bits per heavy atom. The molecule has 22 heavy (non-hydrogen) atoms. The van der Waals surface area contributed by atoms with Crippen LogP contribution in [0.1, 0.15) is 12.0 Å². The lowest BCUT2D eigenvalue weighted by molar-refractivity contribution is -0.137. The third kappa shape index (κ3) is 2.78. The van der Waals surface area contributed by atoms with E-state index in [1.54, 1.807) is 16.3 Å². The number of nitrogens with zero attached hydrogens (tertiary/aromatic N) is 3. The van der Waals surface area contributed by atoms with E-state index in [-0.39, 0.29) is 0 Å². The zero-order valence-corrected chi connectivity index (χ0v) is 12.2. The van der Waals surface area contributed by atoms with Crippen LogP contribution in [0.25, 0.3) is 10.9 Å². The smallest absolute Gasteiger partial charge is 0.314 e. The van der Waals surface area contributed by atoms with Gasteiger partial charge in [-0.25, -0.2) is 4.98 Å². The lowest BCUT2D eigenvalue weighted by Gasteiger charge is -2.07. The molecule has 1 N–H and O–H groups in total. The molecule has 0 spiro atoms. The van der Waals surface area contributed by atoms with Gasteiger partial charge in [-0.2, -0.15) is 18.3 Å². The number of aryl methyl sites for hydroxylation is 1. The summed E-state index contributed by atoms with van der Waals surface area (Å²) >= 11 is 1.35. The monoisotopic (exact) mass is 325 g/mol. The Hall–Kier alpha value is -2.09. The Bertz CT molecular complexity index is 777. The molecule has 1 radical (unpaired) electrons. The van der Waals surface area contributed by atoms with Crippen molar-refractivity contribution in [2.45, 2.75) is 19.1 Å². The summed E-state index contributed by atoms with van der Waals surface area (Å²) < 4.78 is 40.4. The van der Waals surface area contributed by atoms with E-state index < -0.39 is 11.7 Å². The maximum absolute atomic E-state index is 12.9. The van der Waals surface area contributed by atoms with E-state index in [4.69, 9.17) is 0 Å². The molecule has 8 heteroatoms. The number of rotatable bonds is 4. The number of halogens is 3. The molecule has 0 saturated heterocycles. The molecule has 3 rings (SSSR count). The second-order valence-corrected chi connectivity index (χ2v) is 5.51. The van der Waals surface area contributed by atoms with E-state index in [1.165, 1.54) is 17.4 Å². The van der Waals surface area contributed by atoms with E-state index >= 15 is 0 Å². The average molecular weight is 325 g/mol. The molecule has 1 aromatic carbocycles. The number of thiazole rings is 1. The lowest BCUT2D eigenvalue weighted by atomic mass is 10.1. The molecule has 115 valence electrons. The van der Waals surface area contributed by atoms with Gasteiger partial charge in [-0.05, 0) is 24.6 Å². The van der Waals surface area contributed by atoms with Crippen LogP contribution in [0.2, 0.25) is 0 Å². The number of alkyl halides is 3. The first kappa shape index (κ1) is 14.8.